The zero-order valence-corrected chi connectivity index (χ0v) is 19.3. The van der Waals surface area contributed by atoms with Gasteiger partial charge in [0.2, 0.25) is 0 Å². The van der Waals surface area contributed by atoms with Crippen LogP contribution in [0.15, 0.2) is 53.5 Å². The molecule has 0 aliphatic carbocycles. The van der Waals surface area contributed by atoms with E-state index in [0.717, 1.165) is 37.7 Å². The lowest BCUT2D eigenvalue weighted by atomic mass is 10.1. The third kappa shape index (κ3) is 7.15. The van der Waals surface area contributed by atoms with Crippen LogP contribution in [-0.4, -0.2) is 51.3 Å². The molecule has 1 heterocycles. The fourth-order valence-electron chi connectivity index (χ4n) is 3.30. The molecule has 0 bridgehead atoms. The molecule has 1 atom stereocenters. The van der Waals surface area contributed by atoms with Gasteiger partial charge in [0.1, 0.15) is 5.75 Å². The standard InChI is InChI=1S/C22H28FN3O2.HI/c1-24-22(26(2)15-18-11-13-27-16-18)25-12-10-17-8-9-21(20(23)14-17)28-19-6-4-3-5-7-19;/h3-9,14,18H,10-13,15-16H2,1-2H3,(H,24,25);1H. The lowest BCUT2D eigenvalue weighted by Gasteiger charge is -2.24. The van der Waals surface area contributed by atoms with Gasteiger partial charge in [-0.05, 0) is 42.7 Å². The van der Waals surface area contributed by atoms with Crippen LogP contribution in [0.25, 0.3) is 0 Å². The van der Waals surface area contributed by atoms with Gasteiger partial charge in [0, 0.05) is 39.7 Å². The number of benzene rings is 2. The molecule has 1 aliphatic heterocycles. The molecule has 0 saturated carbocycles. The second-order valence-corrected chi connectivity index (χ2v) is 7.01. The number of hydrogen-bond donors (Lipinski definition) is 1. The molecule has 2 aromatic carbocycles. The number of hydrogen-bond acceptors (Lipinski definition) is 3. The van der Waals surface area contributed by atoms with E-state index < -0.39 is 0 Å². The Labute approximate surface area is 189 Å². The van der Waals surface area contributed by atoms with E-state index in [9.17, 15) is 4.39 Å². The fraction of sp³-hybridized carbons (Fsp3) is 0.409. The van der Waals surface area contributed by atoms with E-state index in [4.69, 9.17) is 9.47 Å². The second kappa shape index (κ2) is 12.0. The Balaban J connectivity index is 0.00000300. The first-order valence-corrected chi connectivity index (χ1v) is 9.66. The van der Waals surface area contributed by atoms with Crippen LogP contribution < -0.4 is 10.1 Å². The van der Waals surface area contributed by atoms with Gasteiger partial charge in [-0.25, -0.2) is 4.39 Å². The summed E-state index contributed by atoms with van der Waals surface area (Å²) in [6.07, 6.45) is 1.79. The Kier molecular flexibility index (Phi) is 9.66. The lowest BCUT2D eigenvalue weighted by Crippen LogP contribution is -2.42. The summed E-state index contributed by atoms with van der Waals surface area (Å²) in [5, 5.41) is 3.35. The predicted octanol–water partition coefficient (Wildman–Crippen LogP) is 4.32. The first kappa shape index (κ1) is 23.4. The number of nitrogens with one attached hydrogen (secondary N) is 1. The highest BCUT2D eigenvalue weighted by molar-refractivity contribution is 14.0. The quantitative estimate of drug-likeness (QED) is 0.341. The van der Waals surface area contributed by atoms with Gasteiger partial charge in [-0.3, -0.25) is 4.99 Å². The number of guanidine groups is 1. The van der Waals surface area contributed by atoms with Crippen molar-refractivity contribution in [1.82, 2.24) is 10.2 Å². The van der Waals surface area contributed by atoms with Crippen LogP contribution in [0.5, 0.6) is 11.5 Å². The molecule has 0 radical (unpaired) electrons. The van der Waals surface area contributed by atoms with Crippen molar-refractivity contribution in [2.75, 3.05) is 40.4 Å². The van der Waals surface area contributed by atoms with Gasteiger partial charge in [-0.1, -0.05) is 24.3 Å². The SMILES string of the molecule is CN=C(NCCc1ccc(Oc2ccccc2)c(F)c1)N(C)CC1CCOC1.I. The lowest BCUT2D eigenvalue weighted by molar-refractivity contribution is 0.181. The minimum Gasteiger partial charge on any atom is -0.454 e. The maximum Gasteiger partial charge on any atom is 0.193 e. The Morgan fingerprint density at radius 1 is 1.28 bits per heavy atom. The van der Waals surface area contributed by atoms with Crippen LogP contribution in [0.3, 0.4) is 0 Å². The van der Waals surface area contributed by atoms with E-state index in [1.807, 2.05) is 31.3 Å². The van der Waals surface area contributed by atoms with Crippen LogP contribution in [0, 0.1) is 11.7 Å². The summed E-state index contributed by atoms with van der Waals surface area (Å²) in [6.45, 7) is 3.26. The average Bonchev–Trinajstić information content (AvgIpc) is 3.21. The van der Waals surface area contributed by atoms with Crippen LogP contribution >= 0.6 is 24.0 Å². The monoisotopic (exact) mass is 513 g/mol. The molecule has 1 fully saturated rings. The number of nitrogens with zero attached hydrogens (tertiary/aromatic N) is 2. The van der Waals surface area contributed by atoms with Crippen molar-refractivity contribution in [1.29, 1.82) is 0 Å². The Morgan fingerprint density at radius 3 is 2.72 bits per heavy atom. The van der Waals surface area contributed by atoms with E-state index in [2.05, 4.69) is 15.2 Å². The summed E-state index contributed by atoms with van der Waals surface area (Å²) in [6, 6.07) is 14.3. The highest BCUT2D eigenvalue weighted by Gasteiger charge is 2.19. The van der Waals surface area contributed by atoms with E-state index in [-0.39, 0.29) is 35.5 Å². The summed E-state index contributed by atoms with van der Waals surface area (Å²) in [5.74, 6) is 1.89. The van der Waals surface area contributed by atoms with Gasteiger partial charge in [-0.2, -0.15) is 0 Å². The minimum absolute atomic E-state index is 0. The second-order valence-electron chi connectivity index (χ2n) is 7.01. The fourth-order valence-corrected chi connectivity index (χ4v) is 3.30. The molecule has 1 unspecified atom stereocenters. The maximum atomic E-state index is 14.4. The summed E-state index contributed by atoms with van der Waals surface area (Å²) >= 11 is 0. The minimum atomic E-state index is -0.357. The highest BCUT2D eigenvalue weighted by Crippen LogP contribution is 2.25. The molecule has 0 spiro atoms. The summed E-state index contributed by atoms with van der Waals surface area (Å²) in [7, 11) is 3.81. The third-order valence-corrected chi connectivity index (χ3v) is 4.79. The molecule has 158 valence electrons. The molecule has 0 aromatic heterocycles. The summed E-state index contributed by atoms with van der Waals surface area (Å²) in [5.41, 5.74) is 0.910. The summed E-state index contributed by atoms with van der Waals surface area (Å²) in [4.78, 5) is 6.46. The molecule has 3 rings (SSSR count). The first-order chi connectivity index (χ1) is 13.7. The summed E-state index contributed by atoms with van der Waals surface area (Å²) < 4.78 is 25.4. The number of halogens is 2. The number of aliphatic imine (C=N–C) groups is 1. The van der Waals surface area contributed by atoms with Crippen molar-refractivity contribution in [2.45, 2.75) is 12.8 Å². The van der Waals surface area contributed by atoms with Crippen molar-refractivity contribution in [3.8, 4) is 11.5 Å². The molecular weight excluding hydrogens is 484 g/mol. The topological polar surface area (TPSA) is 46.1 Å². The predicted molar refractivity (Wildman–Crippen MR) is 125 cm³/mol. The van der Waals surface area contributed by atoms with Crippen LogP contribution in [0.1, 0.15) is 12.0 Å². The van der Waals surface area contributed by atoms with Gasteiger partial charge in [0.25, 0.3) is 0 Å². The zero-order chi connectivity index (χ0) is 19.8. The number of rotatable bonds is 7. The Bertz CT molecular complexity index is 783. The van der Waals surface area contributed by atoms with Gasteiger partial charge in [0.15, 0.2) is 17.5 Å². The largest absolute Gasteiger partial charge is 0.454 e. The van der Waals surface area contributed by atoms with Crippen LogP contribution in [0.2, 0.25) is 0 Å². The molecule has 0 amide bonds. The molecule has 1 saturated heterocycles. The number of ether oxygens (including phenoxy) is 2. The zero-order valence-electron chi connectivity index (χ0n) is 16.9. The van der Waals surface area contributed by atoms with Crippen molar-refractivity contribution >= 4 is 29.9 Å². The van der Waals surface area contributed by atoms with E-state index in [0.29, 0.717) is 24.6 Å². The van der Waals surface area contributed by atoms with Gasteiger partial charge in [-0.15, -0.1) is 24.0 Å². The van der Waals surface area contributed by atoms with Gasteiger partial charge < -0.3 is 19.7 Å². The van der Waals surface area contributed by atoms with Crippen molar-refractivity contribution in [2.24, 2.45) is 10.9 Å². The molecule has 5 nitrogen and oxygen atoms in total. The molecule has 2 aromatic rings. The Morgan fingerprint density at radius 2 is 2.07 bits per heavy atom. The molecule has 29 heavy (non-hydrogen) atoms. The molecule has 1 aliphatic rings. The highest BCUT2D eigenvalue weighted by atomic mass is 127. The smallest absolute Gasteiger partial charge is 0.193 e. The van der Waals surface area contributed by atoms with Gasteiger partial charge >= 0.3 is 0 Å². The Hall–Kier alpha value is -1.87. The molecular formula is C22H29FIN3O2. The van der Waals surface area contributed by atoms with Crippen molar-refractivity contribution in [3.63, 3.8) is 0 Å². The van der Waals surface area contributed by atoms with Crippen molar-refractivity contribution < 1.29 is 13.9 Å². The normalized spacial score (nSPS) is 16.2. The maximum absolute atomic E-state index is 14.4. The van der Waals surface area contributed by atoms with E-state index in [1.165, 1.54) is 6.07 Å². The van der Waals surface area contributed by atoms with Gasteiger partial charge in [0.05, 0.1) is 6.61 Å². The van der Waals surface area contributed by atoms with Crippen LogP contribution in [-0.2, 0) is 11.2 Å². The molecule has 7 heteroatoms. The van der Waals surface area contributed by atoms with Crippen LogP contribution in [0.4, 0.5) is 4.39 Å². The third-order valence-electron chi connectivity index (χ3n) is 4.79. The molecule has 1 N–H and O–H groups in total. The van der Waals surface area contributed by atoms with E-state index in [1.54, 1.807) is 25.2 Å². The van der Waals surface area contributed by atoms with Crippen molar-refractivity contribution in [3.05, 3.63) is 59.9 Å². The van der Waals surface area contributed by atoms with E-state index >= 15 is 0 Å². The average molecular weight is 513 g/mol. The first-order valence-electron chi connectivity index (χ1n) is 9.66. The number of para-hydroxylation sites is 1.